The number of benzene rings is 1. The van der Waals surface area contributed by atoms with Gasteiger partial charge in [-0.05, 0) is 50.1 Å². The van der Waals surface area contributed by atoms with E-state index in [-0.39, 0.29) is 35.2 Å². The number of amides is 1. The van der Waals surface area contributed by atoms with Crippen molar-refractivity contribution in [3.05, 3.63) is 65.3 Å². The van der Waals surface area contributed by atoms with E-state index in [1.54, 1.807) is 25.3 Å². The second-order valence-electron chi connectivity index (χ2n) is 9.04. The number of rotatable bonds is 8. The molecule has 9 nitrogen and oxygen atoms in total. The summed E-state index contributed by atoms with van der Waals surface area (Å²) in [5.74, 6) is 0.514. The van der Waals surface area contributed by atoms with Crippen molar-refractivity contribution in [2.75, 3.05) is 12.4 Å². The molecule has 3 aromatic heterocycles. The molecule has 3 heterocycles. The van der Waals surface area contributed by atoms with Crippen LogP contribution < -0.4 is 21.1 Å². The van der Waals surface area contributed by atoms with E-state index in [2.05, 4.69) is 25.6 Å². The molecule has 1 atom stereocenters. The minimum atomic E-state index is -4.63. The van der Waals surface area contributed by atoms with Crippen molar-refractivity contribution in [1.29, 1.82) is 0 Å². The molecule has 0 bridgehead atoms. The third kappa shape index (κ3) is 5.12. The third-order valence-electron chi connectivity index (χ3n) is 6.09. The molecule has 0 unspecified atom stereocenters. The van der Waals surface area contributed by atoms with Crippen molar-refractivity contribution in [2.45, 2.75) is 44.6 Å². The summed E-state index contributed by atoms with van der Waals surface area (Å²) in [6.07, 6.45) is -0.794. The average molecular weight is 527 g/mol. The number of hydrogen-bond acceptors (Lipinski definition) is 8. The Labute approximate surface area is 215 Å². The van der Waals surface area contributed by atoms with E-state index in [1.165, 1.54) is 19.2 Å². The molecule has 0 aliphatic heterocycles. The number of anilines is 1. The fourth-order valence-electron chi connectivity index (χ4n) is 4.01. The van der Waals surface area contributed by atoms with E-state index < -0.39 is 23.8 Å². The van der Waals surface area contributed by atoms with Crippen LogP contribution >= 0.6 is 0 Å². The highest BCUT2D eigenvalue weighted by molar-refractivity contribution is 5.98. The van der Waals surface area contributed by atoms with Crippen LogP contribution in [0.25, 0.3) is 22.4 Å². The molecule has 4 aromatic rings. The molecule has 1 saturated carbocycles. The van der Waals surface area contributed by atoms with Gasteiger partial charge in [0.25, 0.3) is 5.91 Å². The molecule has 38 heavy (non-hydrogen) atoms. The predicted octanol–water partition coefficient (Wildman–Crippen LogP) is 4.84. The molecule has 198 valence electrons. The van der Waals surface area contributed by atoms with Crippen LogP contribution in [0.4, 0.5) is 19.0 Å². The highest BCUT2D eigenvalue weighted by Crippen LogP contribution is 2.37. The number of ether oxygens (including phenoxy) is 1. The number of alkyl halides is 3. The molecule has 1 fully saturated rings. The summed E-state index contributed by atoms with van der Waals surface area (Å²) in [6.45, 7) is 1.83. The van der Waals surface area contributed by atoms with Gasteiger partial charge in [0, 0.05) is 35.3 Å². The van der Waals surface area contributed by atoms with E-state index in [4.69, 9.17) is 14.9 Å². The van der Waals surface area contributed by atoms with E-state index >= 15 is 0 Å². The summed E-state index contributed by atoms with van der Waals surface area (Å²) in [6, 6.07) is 8.56. The lowest BCUT2D eigenvalue weighted by molar-refractivity contribution is -0.140. The first-order chi connectivity index (χ1) is 18.2. The van der Waals surface area contributed by atoms with Crippen molar-refractivity contribution in [2.24, 2.45) is 5.73 Å². The summed E-state index contributed by atoms with van der Waals surface area (Å²) < 4.78 is 51.0. The number of carbonyl (C=O) groups is 1. The normalized spacial score (nSPS) is 14.4. The number of nitrogens with zero attached hydrogens (tertiary/aromatic N) is 3. The van der Waals surface area contributed by atoms with Gasteiger partial charge in [0.15, 0.2) is 11.5 Å². The summed E-state index contributed by atoms with van der Waals surface area (Å²) in [5, 5.41) is 6.49. The maximum Gasteiger partial charge on any atom is 0.433 e. The van der Waals surface area contributed by atoms with E-state index in [0.29, 0.717) is 22.8 Å². The first kappa shape index (κ1) is 25.5. The molecule has 5 rings (SSSR count). The number of carbonyl (C=O) groups excluding carboxylic acids is 1. The molecule has 12 heteroatoms. The Bertz CT molecular complexity index is 1500. The van der Waals surface area contributed by atoms with Gasteiger partial charge >= 0.3 is 6.18 Å². The predicted molar refractivity (Wildman–Crippen MR) is 133 cm³/mol. The number of methoxy groups -OCH3 is 1. The van der Waals surface area contributed by atoms with Gasteiger partial charge in [-0.3, -0.25) is 4.79 Å². The molecule has 1 aromatic carbocycles. The van der Waals surface area contributed by atoms with Gasteiger partial charge in [-0.15, -0.1) is 0 Å². The van der Waals surface area contributed by atoms with Gasteiger partial charge in [-0.1, -0.05) is 6.07 Å². The van der Waals surface area contributed by atoms with Crippen LogP contribution in [0.5, 0.6) is 5.75 Å². The Morgan fingerprint density at radius 2 is 2.00 bits per heavy atom. The van der Waals surface area contributed by atoms with Crippen LogP contribution in [-0.4, -0.2) is 34.0 Å². The second kappa shape index (κ2) is 9.93. The minimum Gasteiger partial charge on any atom is -0.494 e. The Hall–Kier alpha value is -4.19. The standard InChI is InChI=1S/C26H25F3N6O3/c1-13(30)22-21(24(36)32-12-14-4-3-11-31-23(14)33-15-5-6-15)35-25(38-22)17-7-9-18(37-2)20-16(17)8-10-19(34-20)26(27,28)29/h3-4,7-11,13,15H,5-6,12,30H2,1-2H3,(H,31,33)(H,32,36)/t13-/m0/s1. The Morgan fingerprint density at radius 1 is 1.21 bits per heavy atom. The van der Waals surface area contributed by atoms with Gasteiger partial charge in [-0.25, -0.2) is 15.0 Å². The lowest BCUT2D eigenvalue weighted by Crippen LogP contribution is -2.26. The van der Waals surface area contributed by atoms with Crippen molar-refractivity contribution in [3.8, 4) is 17.2 Å². The fraction of sp³-hybridized carbons (Fsp3) is 0.308. The fourth-order valence-corrected chi connectivity index (χ4v) is 4.01. The smallest absolute Gasteiger partial charge is 0.433 e. The van der Waals surface area contributed by atoms with Crippen LogP contribution in [0.15, 0.2) is 47.0 Å². The SMILES string of the molecule is COc1ccc(-c2nc(C(=O)NCc3cccnc3NC3CC3)c([C@H](C)N)o2)c2ccc(C(F)(F)F)nc12. The number of nitrogens with one attached hydrogen (secondary N) is 2. The van der Waals surface area contributed by atoms with Crippen LogP contribution in [0.2, 0.25) is 0 Å². The van der Waals surface area contributed by atoms with Crippen LogP contribution in [0.3, 0.4) is 0 Å². The monoisotopic (exact) mass is 526 g/mol. The summed E-state index contributed by atoms with van der Waals surface area (Å²) >= 11 is 0. The number of fused-ring (bicyclic) bond motifs is 1. The van der Waals surface area contributed by atoms with Gasteiger partial charge in [0.05, 0.1) is 13.2 Å². The number of nitrogens with two attached hydrogens (primary N) is 1. The summed E-state index contributed by atoms with van der Waals surface area (Å²) in [4.78, 5) is 25.7. The van der Waals surface area contributed by atoms with Gasteiger partial charge in [-0.2, -0.15) is 13.2 Å². The van der Waals surface area contributed by atoms with Gasteiger partial charge < -0.3 is 25.5 Å². The first-order valence-corrected chi connectivity index (χ1v) is 12.0. The van der Waals surface area contributed by atoms with Crippen LogP contribution in [-0.2, 0) is 12.7 Å². The van der Waals surface area contributed by atoms with Crippen molar-refractivity contribution >= 4 is 22.6 Å². The van der Waals surface area contributed by atoms with Crippen molar-refractivity contribution in [1.82, 2.24) is 20.3 Å². The molecule has 0 saturated heterocycles. The van der Waals surface area contributed by atoms with E-state index in [0.717, 1.165) is 24.5 Å². The largest absolute Gasteiger partial charge is 0.494 e. The maximum absolute atomic E-state index is 13.3. The summed E-state index contributed by atoms with van der Waals surface area (Å²) in [5.41, 5.74) is 6.13. The average Bonchev–Trinajstić information content (AvgIpc) is 3.60. The number of aromatic nitrogens is 3. The molecular formula is C26H25F3N6O3. The minimum absolute atomic E-state index is 0.0144. The topological polar surface area (TPSA) is 128 Å². The van der Waals surface area contributed by atoms with Crippen molar-refractivity contribution < 1.29 is 27.1 Å². The van der Waals surface area contributed by atoms with Gasteiger partial charge in [0.2, 0.25) is 5.89 Å². The molecule has 1 amide bonds. The number of pyridine rings is 2. The third-order valence-corrected chi connectivity index (χ3v) is 6.09. The van der Waals surface area contributed by atoms with Gasteiger partial charge in [0.1, 0.15) is 22.8 Å². The zero-order valence-electron chi connectivity index (χ0n) is 20.6. The van der Waals surface area contributed by atoms with E-state index in [9.17, 15) is 18.0 Å². The lowest BCUT2D eigenvalue weighted by Gasteiger charge is -2.11. The Balaban J connectivity index is 1.48. The quantitative estimate of drug-likeness (QED) is 0.298. The van der Waals surface area contributed by atoms with Crippen LogP contribution in [0, 0.1) is 0 Å². The Morgan fingerprint density at radius 3 is 2.68 bits per heavy atom. The number of oxazole rings is 1. The highest BCUT2D eigenvalue weighted by Gasteiger charge is 2.33. The molecule has 0 radical (unpaired) electrons. The van der Waals surface area contributed by atoms with E-state index in [1.807, 2.05) is 6.07 Å². The zero-order chi connectivity index (χ0) is 27.0. The summed E-state index contributed by atoms with van der Waals surface area (Å²) in [7, 11) is 1.34. The molecule has 1 aliphatic rings. The molecule has 4 N–H and O–H groups in total. The highest BCUT2D eigenvalue weighted by atomic mass is 19.4. The first-order valence-electron chi connectivity index (χ1n) is 12.0. The number of hydrogen-bond donors (Lipinski definition) is 3. The lowest BCUT2D eigenvalue weighted by atomic mass is 10.1. The second-order valence-corrected chi connectivity index (χ2v) is 9.04. The molecule has 0 spiro atoms. The van der Waals surface area contributed by atoms with Crippen LogP contribution in [0.1, 0.15) is 53.3 Å². The Kier molecular flexibility index (Phi) is 6.66. The maximum atomic E-state index is 13.3. The number of halogens is 3. The molecule has 1 aliphatic carbocycles. The molecular weight excluding hydrogens is 501 g/mol. The van der Waals surface area contributed by atoms with Crippen molar-refractivity contribution in [3.63, 3.8) is 0 Å². The zero-order valence-corrected chi connectivity index (χ0v) is 20.6.